The first-order valence-corrected chi connectivity index (χ1v) is 10.2. The van der Waals surface area contributed by atoms with Crippen LogP contribution in [0.1, 0.15) is 82.6 Å². The van der Waals surface area contributed by atoms with Crippen molar-refractivity contribution >= 4 is 12.4 Å². The predicted molar refractivity (Wildman–Crippen MR) is 109 cm³/mol. The molecule has 0 bridgehead atoms. The number of unbranched alkanes of at least 4 members (excludes halogenated alkanes) is 8. The zero-order chi connectivity index (χ0) is 16.0. The summed E-state index contributed by atoms with van der Waals surface area (Å²) in [6.07, 6.45) is 18.5. The Labute approximate surface area is 156 Å². The van der Waals surface area contributed by atoms with Gasteiger partial charge in [-0.05, 0) is 57.3 Å². The summed E-state index contributed by atoms with van der Waals surface area (Å²) < 4.78 is 0. The van der Waals surface area contributed by atoms with E-state index in [4.69, 9.17) is 0 Å². The lowest BCUT2D eigenvalue weighted by molar-refractivity contribution is 0.224. The Morgan fingerprint density at radius 2 is 1.17 bits per heavy atom. The maximum absolute atomic E-state index is 2.68. The second-order valence-electron chi connectivity index (χ2n) is 7.32. The third-order valence-corrected chi connectivity index (χ3v) is 5.23. The van der Waals surface area contributed by atoms with Crippen LogP contribution < -0.4 is 0 Å². The smallest absolute Gasteiger partial charge is 0.00187 e. The van der Waals surface area contributed by atoms with Crippen molar-refractivity contribution in [3.63, 3.8) is 0 Å². The van der Waals surface area contributed by atoms with Crippen molar-refractivity contribution in [1.82, 2.24) is 4.90 Å². The molecule has 0 atom stereocenters. The molecule has 1 aromatic rings. The average Bonchev–Trinajstić information content (AvgIpc) is 2.61. The summed E-state index contributed by atoms with van der Waals surface area (Å²) in [5.74, 6) is 0. The third kappa shape index (κ3) is 10.4. The second kappa shape index (κ2) is 14.8. The first-order chi connectivity index (χ1) is 11.4. The van der Waals surface area contributed by atoms with E-state index in [0.717, 1.165) is 0 Å². The lowest BCUT2D eigenvalue weighted by atomic mass is 10.0. The zero-order valence-electron chi connectivity index (χ0n) is 15.6. The van der Waals surface area contributed by atoms with Crippen LogP contribution in [0.5, 0.6) is 0 Å². The number of rotatable bonds is 12. The minimum Gasteiger partial charge on any atom is -0.303 e. The number of halogens is 1. The number of likely N-dealkylation sites (tertiary alicyclic amines) is 1. The quantitative estimate of drug-likeness (QED) is 0.381. The van der Waals surface area contributed by atoms with Gasteiger partial charge in [-0.1, -0.05) is 81.7 Å². The van der Waals surface area contributed by atoms with Crippen LogP contribution in [-0.4, -0.2) is 24.5 Å². The Morgan fingerprint density at radius 3 is 1.79 bits per heavy atom. The lowest BCUT2D eigenvalue weighted by Gasteiger charge is -2.26. The van der Waals surface area contributed by atoms with Gasteiger partial charge in [0.1, 0.15) is 0 Å². The molecule has 2 heteroatoms. The molecule has 1 nitrogen and oxygen atoms in total. The van der Waals surface area contributed by atoms with E-state index in [1.165, 1.54) is 109 Å². The maximum Gasteiger partial charge on any atom is -0.00187 e. The zero-order valence-corrected chi connectivity index (χ0v) is 16.4. The van der Waals surface area contributed by atoms with Gasteiger partial charge in [-0.15, -0.1) is 12.4 Å². The van der Waals surface area contributed by atoms with Crippen molar-refractivity contribution in [1.29, 1.82) is 0 Å². The van der Waals surface area contributed by atoms with Gasteiger partial charge in [-0.25, -0.2) is 0 Å². The molecule has 0 spiro atoms. The summed E-state index contributed by atoms with van der Waals surface area (Å²) in [6.45, 7) is 4.09. The summed E-state index contributed by atoms with van der Waals surface area (Å²) >= 11 is 0. The molecule has 0 radical (unpaired) electrons. The van der Waals surface area contributed by atoms with Gasteiger partial charge in [0, 0.05) is 0 Å². The second-order valence-corrected chi connectivity index (χ2v) is 7.32. The Bertz CT molecular complexity index is 373. The van der Waals surface area contributed by atoms with E-state index in [0.29, 0.717) is 0 Å². The number of piperidine rings is 1. The molecular formula is C22H38ClN. The van der Waals surface area contributed by atoms with Crippen molar-refractivity contribution in [3.8, 4) is 0 Å². The van der Waals surface area contributed by atoms with Crippen LogP contribution in [0.3, 0.4) is 0 Å². The minimum atomic E-state index is 0. The molecule has 24 heavy (non-hydrogen) atoms. The predicted octanol–water partition coefficient (Wildman–Crippen LogP) is 6.65. The molecule has 0 aliphatic carbocycles. The molecule has 0 N–H and O–H groups in total. The molecule has 1 aliphatic rings. The molecule has 138 valence electrons. The summed E-state index contributed by atoms with van der Waals surface area (Å²) in [6, 6.07) is 10.9. The Hall–Kier alpha value is -0.530. The van der Waals surface area contributed by atoms with Gasteiger partial charge in [0.05, 0.1) is 0 Å². The number of hydrogen-bond acceptors (Lipinski definition) is 1. The largest absolute Gasteiger partial charge is 0.303 e. The average molecular weight is 352 g/mol. The first-order valence-electron chi connectivity index (χ1n) is 10.2. The van der Waals surface area contributed by atoms with Crippen molar-refractivity contribution in [2.24, 2.45) is 0 Å². The van der Waals surface area contributed by atoms with Crippen LogP contribution in [0.2, 0.25) is 0 Å². The fourth-order valence-electron chi connectivity index (χ4n) is 3.73. The van der Waals surface area contributed by atoms with Crippen LogP contribution in [0.15, 0.2) is 30.3 Å². The lowest BCUT2D eigenvalue weighted by Crippen LogP contribution is -2.30. The SMILES string of the molecule is Cl.c1ccc(CCCCCCCCCCCN2CCCCC2)cc1. The fraction of sp³-hybridized carbons (Fsp3) is 0.727. The summed E-state index contributed by atoms with van der Waals surface area (Å²) in [5, 5.41) is 0. The number of hydrogen-bond donors (Lipinski definition) is 0. The molecule has 0 unspecified atom stereocenters. The summed E-state index contributed by atoms with van der Waals surface area (Å²) in [7, 11) is 0. The number of benzene rings is 1. The monoisotopic (exact) mass is 351 g/mol. The molecule has 1 heterocycles. The molecule has 0 aromatic heterocycles. The Morgan fingerprint density at radius 1 is 0.625 bits per heavy atom. The van der Waals surface area contributed by atoms with E-state index < -0.39 is 0 Å². The highest BCUT2D eigenvalue weighted by Gasteiger charge is 2.08. The van der Waals surface area contributed by atoms with Crippen LogP contribution >= 0.6 is 12.4 Å². The van der Waals surface area contributed by atoms with E-state index >= 15 is 0 Å². The van der Waals surface area contributed by atoms with E-state index in [9.17, 15) is 0 Å². The van der Waals surface area contributed by atoms with Gasteiger partial charge in [0.2, 0.25) is 0 Å². The van der Waals surface area contributed by atoms with Gasteiger partial charge in [-0.3, -0.25) is 0 Å². The molecule has 0 amide bonds. The molecule has 1 aromatic carbocycles. The Kier molecular flexibility index (Phi) is 13.3. The number of aryl methyl sites for hydroxylation is 1. The standard InChI is InChI=1S/C22H37N.ClH/c1(2-4-6-10-16-22-17-11-8-12-18-22)3-5-7-13-19-23-20-14-9-15-21-23;/h8,11-12,17-18H,1-7,9-10,13-16,19-21H2;1H. The van der Waals surface area contributed by atoms with Crippen LogP contribution in [0, 0.1) is 0 Å². The van der Waals surface area contributed by atoms with Crippen molar-refractivity contribution in [2.45, 2.75) is 83.5 Å². The van der Waals surface area contributed by atoms with Gasteiger partial charge in [-0.2, -0.15) is 0 Å². The van der Waals surface area contributed by atoms with Crippen LogP contribution in [0.4, 0.5) is 0 Å². The molecule has 1 fully saturated rings. The molecular weight excluding hydrogens is 314 g/mol. The highest BCUT2D eigenvalue weighted by atomic mass is 35.5. The maximum atomic E-state index is 2.68. The molecule has 1 saturated heterocycles. The van der Waals surface area contributed by atoms with Gasteiger partial charge < -0.3 is 4.90 Å². The number of nitrogens with zero attached hydrogens (tertiary/aromatic N) is 1. The summed E-state index contributed by atoms with van der Waals surface area (Å²) in [5.41, 5.74) is 1.50. The van der Waals surface area contributed by atoms with Gasteiger partial charge >= 0.3 is 0 Å². The molecule has 2 rings (SSSR count). The normalized spacial score (nSPS) is 15.2. The van der Waals surface area contributed by atoms with Crippen molar-refractivity contribution in [2.75, 3.05) is 19.6 Å². The molecule has 1 aliphatic heterocycles. The first kappa shape index (κ1) is 21.5. The third-order valence-electron chi connectivity index (χ3n) is 5.23. The summed E-state index contributed by atoms with van der Waals surface area (Å²) in [4.78, 5) is 2.68. The minimum absolute atomic E-state index is 0. The Balaban J connectivity index is 0.00000288. The topological polar surface area (TPSA) is 3.24 Å². The van der Waals surface area contributed by atoms with Crippen molar-refractivity contribution < 1.29 is 0 Å². The van der Waals surface area contributed by atoms with Crippen LogP contribution in [0.25, 0.3) is 0 Å². The van der Waals surface area contributed by atoms with Crippen molar-refractivity contribution in [3.05, 3.63) is 35.9 Å². The highest BCUT2D eigenvalue weighted by molar-refractivity contribution is 5.85. The van der Waals surface area contributed by atoms with E-state index in [2.05, 4.69) is 35.2 Å². The van der Waals surface area contributed by atoms with E-state index in [-0.39, 0.29) is 12.4 Å². The van der Waals surface area contributed by atoms with Crippen LogP contribution in [-0.2, 0) is 6.42 Å². The highest BCUT2D eigenvalue weighted by Crippen LogP contribution is 2.13. The molecule has 0 saturated carbocycles. The van der Waals surface area contributed by atoms with E-state index in [1.54, 1.807) is 0 Å². The van der Waals surface area contributed by atoms with Gasteiger partial charge in [0.15, 0.2) is 0 Å². The fourth-order valence-corrected chi connectivity index (χ4v) is 3.73. The van der Waals surface area contributed by atoms with E-state index in [1.807, 2.05) is 0 Å². The van der Waals surface area contributed by atoms with Gasteiger partial charge in [0.25, 0.3) is 0 Å².